The quantitative estimate of drug-likeness (QED) is 0.647. The van der Waals surface area contributed by atoms with Crippen molar-refractivity contribution in [3.05, 3.63) is 73.3 Å². The van der Waals surface area contributed by atoms with E-state index in [1.807, 2.05) is 55.8 Å². The Morgan fingerprint density at radius 1 is 0.960 bits per heavy atom. The van der Waals surface area contributed by atoms with Crippen molar-refractivity contribution in [2.24, 2.45) is 0 Å². The van der Waals surface area contributed by atoms with E-state index >= 15 is 0 Å². The molecule has 0 bridgehead atoms. The van der Waals surface area contributed by atoms with Crippen molar-refractivity contribution in [2.75, 3.05) is 10.6 Å². The van der Waals surface area contributed by atoms with Gasteiger partial charge in [0.25, 0.3) is 10.9 Å². The summed E-state index contributed by atoms with van der Waals surface area (Å²) in [6.07, 6.45) is 0. The van der Waals surface area contributed by atoms with Crippen LogP contribution in [0.25, 0.3) is 0 Å². The number of aromatic nitrogens is 2. The van der Waals surface area contributed by atoms with Crippen LogP contribution in [0.5, 0.6) is 0 Å². The summed E-state index contributed by atoms with van der Waals surface area (Å²) < 4.78 is 1.93. The van der Waals surface area contributed by atoms with Gasteiger partial charge in [-0.05, 0) is 26.3 Å². The average molecular weight is 338 g/mol. The minimum absolute atomic E-state index is 0.365. The molecule has 0 radical (unpaired) electrons. The van der Waals surface area contributed by atoms with Gasteiger partial charge in [-0.3, -0.25) is 14.3 Å². The Labute approximate surface area is 146 Å². The Balaban J connectivity index is 1.72. The van der Waals surface area contributed by atoms with E-state index < -0.39 is 10.9 Å². The van der Waals surface area contributed by atoms with Crippen LogP contribution in [0.2, 0.25) is 0 Å². The van der Waals surface area contributed by atoms with Gasteiger partial charge in [-0.2, -0.15) is 5.10 Å². The molecular formula is C19H22N4O2. The third-order valence-electron chi connectivity index (χ3n) is 4.50. The van der Waals surface area contributed by atoms with E-state index in [4.69, 9.17) is 0 Å². The molecule has 6 heteroatoms. The van der Waals surface area contributed by atoms with Gasteiger partial charge < -0.3 is 10.6 Å². The van der Waals surface area contributed by atoms with Crippen LogP contribution in [0.15, 0.2) is 39.9 Å². The number of nitrogens with one attached hydrogen (secondary N) is 2. The number of anilines is 2. The summed E-state index contributed by atoms with van der Waals surface area (Å²) in [5.41, 5.74) is 3.93. The van der Waals surface area contributed by atoms with Crippen molar-refractivity contribution in [1.29, 1.82) is 0 Å². The third-order valence-corrected chi connectivity index (χ3v) is 4.50. The van der Waals surface area contributed by atoms with E-state index in [2.05, 4.69) is 15.7 Å². The number of hydrogen-bond acceptors (Lipinski definition) is 5. The summed E-state index contributed by atoms with van der Waals surface area (Å²) in [6.45, 7) is 7.79. The molecule has 0 aliphatic carbocycles. The summed E-state index contributed by atoms with van der Waals surface area (Å²) >= 11 is 0. The molecule has 2 N–H and O–H groups in total. The highest BCUT2D eigenvalue weighted by Crippen LogP contribution is 2.19. The van der Waals surface area contributed by atoms with E-state index in [-0.39, 0.29) is 0 Å². The van der Waals surface area contributed by atoms with Gasteiger partial charge in [0.05, 0.1) is 5.69 Å². The van der Waals surface area contributed by atoms with Gasteiger partial charge in [-0.15, -0.1) is 0 Å². The number of nitrogens with zero attached hydrogens (tertiary/aromatic N) is 2. The van der Waals surface area contributed by atoms with Crippen molar-refractivity contribution in [3.8, 4) is 0 Å². The molecule has 25 heavy (non-hydrogen) atoms. The second-order valence-corrected chi connectivity index (χ2v) is 6.07. The molecule has 130 valence electrons. The van der Waals surface area contributed by atoms with Crippen LogP contribution in [0.1, 0.15) is 29.4 Å². The molecule has 0 aliphatic rings. The first-order valence-corrected chi connectivity index (χ1v) is 8.40. The lowest BCUT2D eigenvalue weighted by molar-refractivity contribution is 0.633. The van der Waals surface area contributed by atoms with Crippen LogP contribution < -0.4 is 21.5 Å². The Kier molecular flexibility index (Phi) is 4.70. The fraction of sp³-hybridized carbons (Fsp3) is 0.316. The standard InChI is InChI=1S/C19H22N4O2/c1-4-23-13(3)15(12(2)22-23)11-21-17-16(18(24)19(17)25)20-10-14-8-6-5-7-9-14/h5-9,20-21H,4,10-11H2,1-3H3. The Hall–Kier alpha value is -2.89. The zero-order valence-corrected chi connectivity index (χ0v) is 14.7. The molecule has 0 unspecified atom stereocenters. The van der Waals surface area contributed by atoms with E-state index in [1.54, 1.807) is 0 Å². The molecule has 3 aromatic rings. The summed E-state index contributed by atoms with van der Waals surface area (Å²) in [7, 11) is 0. The fourth-order valence-corrected chi connectivity index (χ4v) is 2.99. The van der Waals surface area contributed by atoms with Crippen molar-refractivity contribution < 1.29 is 0 Å². The zero-order valence-electron chi connectivity index (χ0n) is 14.7. The topological polar surface area (TPSA) is 76.0 Å². The molecule has 0 amide bonds. The number of rotatable bonds is 7. The van der Waals surface area contributed by atoms with Crippen molar-refractivity contribution in [1.82, 2.24) is 9.78 Å². The maximum absolute atomic E-state index is 11.9. The van der Waals surface area contributed by atoms with Crippen molar-refractivity contribution in [3.63, 3.8) is 0 Å². The van der Waals surface area contributed by atoms with Crippen LogP contribution in [0, 0.1) is 13.8 Å². The Morgan fingerprint density at radius 2 is 1.56 bits per heavy atom. The molecule has 0 fully saturated rings. The first-order chi connectivity index (χ1) is 12.0. The molecule has 1 heterocycles. The number of aryl methyl sites for hydroxylation is 2. The molecule has 0 aliphatic heterocycles. The second kappa shape index (κ2) is 6.93. The molecule has 3 rings (SSSR count). The van der Waals surface area contributed by atoms with Gasteiger partial charge in [0.1, 0.15) is 11.4 Å². The van der Waals surface area contributed by atoms with Crippen LogP contribution in [0.4, 0.5) is 11.4 Å². The van der Waals surface area contributed by atoms with Gasteiger partial charge in [-0.25, -0.2) is 0 Å². The van der Waals surface area contributed by atoms with Gasteiger partial charge in [0.2, 0.25) is 0 Å². The minimum atomic E-state index is -0.464. The van der Waals surface area contributed by atoms with E-state index in [0.29, 0.717) is 24.5 Å². The minimum Gasteiger partial charge on any atom is -0.376 e. The largest absolute Gasteiger partial charge is 0.376 e. The molecule has 1 aromatic heterocycles. The summed E-state index contributed by atoms with van der Waals surface area (Å²) in [5, 5.41) is 10.7. The van der Waals surface area contributed by atoms with E-state index in [0.717, 1.165) is 29.1 Å². The lowest BCUT2D eigenvalue weighted by Crippen LogP contribution is -2.37. The van der Waals surface area contributed by atoms with Crippen molar-refractivity contribution >= 4 is 11.4 Å². The molecule has 0 atom stereocenters. The number of benzene rings is 1. The highest BCUT2D eigenvalue weighted by Gasteiger charge is 2.21. The Morgan fingerprint density at radius 3 is 2.12 bits per heavy atom. The highest BCUT2D eigenvalue weighted by atomic mass is 16.2. The lowest BCUT2D eigenvalue weighted by Gasteiger charge is -2.15. The molecule has 6 nitrogen and oxygen atoms in total. The zero-order chi connectivity index (χ0) is 18.0. The van der Waals surface area contributed by atoms with Gasteiger partial charge in [0.15, 0.2) is 0 Å². The molecule has 0 spiro atoms. The van der Waals surface area contributed by atoms with E-state index in [1.165, 1.54) is 0 Å². The molecule has 2 aromatic carbocycles. The summed E-state index contributed by atoms with van der Waals surface area (Å²) in [6, 6.07) is 9.76. The summed E-state index contributed by atoms with van der Waals surface area (Å²) in [5.74, 6) is 0. The monoisotopic (exact) mass is 338 g/mol. The molecule has 0 saturated carbocycles. The molecule has 0 saturated heterocycles. The third kappa shape index (κ3) is 3.20. The summed E-state index contributed by atoms with van der Waals surface area (Å²) in [4.78, 5) is 23.8. The lowest BCUT2D eigenvalue weighted by atomic mass is 10.1. The second-order valence-electron chi connectivity index (χ2n) is 6.07. The smallest absolute Gasteiger partial charge is 0.253 e. The Bertz CT molecular complexity index is 950. The van der Waals surface area contributed by atoms with Crippen LogP contribution in [-0.2, 0) is 19.6 Å². The first-order valence-electron chi connectivity index (χ1n) is 8.40. The van der Waals surface area contributed by atoms with Crippen LogP contribution >= 0.6 is 0 Å². The van der Waals surface area contributed by atoms with Gasteiger partial charge >= 0.3 is 0 Å². The van der Waals surface area contributed by atoms with Crippen LogP contribution in [-0.4, -0.2) is 9.78 Å². The maximum Gasteiger partial charge on any atom is 0.253 e. The van der Waals surface area contributed by atoms with Gasteiger partial charge in [0, 0.05) is 30.9 Å². The predicted molar refractivity (Wildman–Crippen MR) is 99.8 cm³/mol. The van der Waals surface area contributed by atoms with Gasteiger partial charge in [-0.1, -0.05) is 30.3 Å². The van der Waals surface area contributed by atoms with E-state index in [9.17, 15) is 9.59 Å². The fourth-order valence-electron chi connectivity index (χ4n) is 2.99. The predicted octanol–water partition coefficient (Wildman–Crippen LogP) is 2.34. The molecular weight excluding hydrogens is 316 g/mol. The SMILES string of the molecule is CCn1nc(C)c(CNc2c(NCc3ccccc3)c(=O)c2=O)c1C. The van der Waals surface area contributed by atoms with Crippen molar-refractivity contribution in [2.45, 2.75) is 40.4 Å². The first kappa shape index (κ1) is 17.0. The maximum atomic E-state index is 11.9. The highest BCUT2D eigenvalue weighted by molar-refractivity contribution is 5.74. The number of hydrogen-bond donors (Lipinski definition) is 2. The van der Waals surface area contributed by atoms with Crippen LogP contribution in [0.3, 0.4) is 0 Å². The normalized spacial score (nSPS) is 11.0. The average Bonchev–Trinajstić information content (AvgIpc) is 2.91.